The topological polar surface area (TPSA) is 26.3 Å². The lowest BCUT2D eigenvalue weighted by molar-refractivity contribution is -0.183. The first-order chi connectivity index (χ1) is 7.40. The fourth-order valence-corrected chi connectivity index (χ4v) is 2.61. The first-order valence-electron chi connectivity index (χ1n) is 6.25. The van der Waals surface area contributed by atoms with Crippen molar-refractivity contribution in [2.24, 2.45) is 5.92 Å². The lowest BCUT2D eigenvalue weighted by Gasteiger charge is -2.32. The van der Waals surface area contributed by atoms with Crippen LogP contribution in [0.4, 0.5) is 0 Å². The molecule has 0 spiro atoms. The molecule has 1 aliphatic heterocycles. The number of esters is 1. The van der Waals surface area contributed by atoms with E-state index in [0.717, 1.165) is 19.3 Å². The van der Waals surface area contributed by atoms with Crippen molar-refractivity contribution in [2.45, 2.75) is 58.0 Å². The molecule has 16 heavy (non-hydrogen) atoms. The summed E-state index contributed by atoms with van der Waals surface area (Å²) in [7, 11) is -0.911. The Bertz CT molecular complexity index is 266. The van der Waals surface area contributed by atoms with E-state index in [4.69, 9.17) is 4.74 Å². The van der Waals surface area contributed by atoms with E-state index in [0.29, 0.717) is 0 Å². The highest BCUT2D eigenvalue weighted by molar-refractivity contribution is 6.76. The molecule has 0 N–H and O–H groups in total. The van der Waals surface area contributed by atoms with Crippen molar-refractivity contribution in [3.05, 3.63) is 12.2 Å². The van der Waals surface area contributed by atoms with Crippen LogP contribution in [0.1, 0.15) is 26.2 Å². The van der Waals surface area contributed by atoms with Crippen LogP contribution >= 0.6 is 0 Å². The number of unbranched alkanes of at least 4 members (excludes halogenated alkanes) is 1. The number of ether oxygens (including phenoxy) is 1. The SMILES string of the molecule is C[C@H]1C(=O)O[C@@H]1CCC/C=C/C[Si](C)(C)C. The first kappa shape index (κ1) is 13.5. The third kappa shape index (κ3) is 4.52. The third-order valence-corrected chi connectivity index (χ3v) is 4.41. The Balaban J connectivity index is 2.02. The average Bonchev–Trinajstić information content (AvgIpc) is 2.19. The van der Waals surface area contributed by atoms with Gasteiger partial charge in [0.2, 0.25) is 0 Å². The van der Waals surface area contributed by atoms with Crippen LogP contribution in [0.2, 0.25) is 25.7 Å². The summed E-state index contributed by atoms with van der Waals surface area (Å²) in [5.74, 6) is 0.102. The molecule has 0 radical (unpaired) electrons. The molecule has 0 saturated carbocycles. The number of carbonyl (C=O) groups is 1. The number of allylic oxidation sites excluding steroid dienone is 2. The molecule has 92 valence electrons. The zero-order valence-corrected chi connectivity index (χ0v) is 12.0. The molecule has 1 heterocycles. The van der Waals surface area contributed by atoms with Gasteiger partial charge in [-0.25, -0.2) is 0 Å². The molecule has 0 aliphatic carbocycles. The maximum absolute atomic E-state index is 10.9. The highest BCUT2D eigenvalue weighted by Crippen LogP contribution is 2.25. The van der Waals surface area contributed by atoms with Gasteiger partial charge < -0.3 is 4.74 Å². The fraction of sp³-hybridized carbons (Fsp3) is 0.769. The smallest absolute Gasteiger partial charge is 0.312 e. The fourth-order valence-electron chi connectivity index (χ4n) is 1.74. The van der Waals surface area contributed by atoms with Gasteiger partial charge in [-0.05, 0) is 32.2 Å². The summed E-state index contributed by atoms with van der Waals surface area (Å²) >= 11 is 0. The van der Waals surface area contributed by atoms with Crippen molar-refractivity contribution in [3.8, 4) is 0 Å². The number of hydrogen-bond donors (Lipinski definition) is 0. The van der Waals surface area contributed by atoms with E-state index in [1.807, 2.05) is 6.92 Å². The Morgan fingerprint density at radius 2 is 2.00 bits per heavy atom. The third-order valence-electron chi connectivity index (χ3n) is 2.95. The zero-order chi connectivity index (χ0) is 12.2. The molecule has 2 nitrogen and oxygen atoms in total. The quantitative estimate of drug-likeness (QED) is 0.307. The molecule has 2 atom stereocenters. The summed E-state index contributed by atoms with van der Waals surface area (Å²) < 4.78 is 5.06. The van der Waals surface area contributed by atoms with Crippen LogP contribution in [-0.2, 0) is 9.53 Å². The van der Waals surface area contributed by atoms with Crippen molar-refractivity contribution in [1.82, 2.24) is 0 Å². The van der Waals surface area contributed by atoms with Gasteiger partial charge in [0.25, 0.3) is 0 Å². The summed E-state index contributed by atoms with van der Waals surface area (Å²) in [4.78, 5) is 10.9. The minimum atomic E-state index is -0.911. The van der Waals surface area contributed by atoms with E-state index in [9.17, 15) is 4.79 Å². The van der Waals surface area contributed by atoms with Crippen LogP contribution in [-0.4, -0.2) is 20.1 Å². The normalized spacial score (nSPS) is 25.6. The predicted octanol–water partition coefficient (Wildman–Crippen LogP) is 3.61. The number of carbonyl (C=O) groups excluding carboxylic acids is 1. The molecular weight excluding hydrogens is 216 g/mol. The molecule has 0 bridgehead atoms. The summed E-state index contributed by atoms with van der Waals surface area (Å²) in [5.41, 5.74) is 0. The number of rotatable bonds is 6. The summed E-state index contributed by atoms with van der Waals surface area (Å²) in [5, 5.41) is 0. The number of hydrogen-bond acceptors (Lipinski definition) is 2. The lowest BCUT2D eigenvalue weighted by atomic mass is 9.94. The Kier molecular flexibility index (Phi) is 4.78. The molecule has 1 aliphatic rings. The highest BCUT2D eigenvalue weighted by Gasteiger charge is 2.37. The molecule has 3 heteroatoms. The molecule has 0 unspecified atom stereocenters. The molecule has 0 amide bonds. The van der Waals surface area contributed by atoms with Gasteiger partial charge in [-0.2, -0.15) is 0 Å². The van der Waals surface area contributed by atoms with Crippen molar-refractivity contribution < 1.29 is 9.53 Å². The zero-order valence-electron chi connectivity index (χ0n) is 11.0. The van der Waals surface area contributed by atoms with Crippen LogP contribution < -0.4 is 0 Å². The van der Waals surface area contributed by atoms with E-state index in [1.54, 1.807) is 0 Å². The van der Waals surface area contributed by atoms with Gasteiger partial charge in [0.1, 0.15) is 6.10 Å². The highest BCUT2D eigenvalue weighted by atomic mass is 28.3. The first-order valence-corrected chi connectivity index (χ1v) is 9.96. The predicted molar refractivity (Wildman–Crippen MR) is 70.2 cm³/mol. The van der Waals surface area contributed by atoms with E-state index in [-0.39, 0.29) is 18.0 Å². The Morgan fingerprint density at radius 3 is 2.50 bits per heavy atom. The maximum Gasteiger partial charge on any atom is 0.312 e. The van der Waals surface area contributed by atoms with Crippen molar-refractivity contribution in [2.75, 3.05) is 0 Å². The van der Waals surface area contributed by atoms with Gasteiger partial charge in [-0.3, -0.25) is 4.79 Å². The Labute approximate surface area is 100 Å². The lowest BCUT2D eigenvalue weighted by Crippen LogP contribution is -2.42. The summed E-state index contributed by atoms with van der Waals surface area (Å²) in [6.07, 6.45) is 8.06. The molecule has 0 aromatic rings. The largest absolute Gasteiger partial charge is 0.461 e. The van der Waals surface area contributed by atoms with E-state index >= 15 is 0 Å². The van der Waals surface area contributed by atoms with Gasteiger partial charge in [-0.15, -0.1) is 0 Å². The summed E-state index contributed by atoms with van der Waals surface area (Å²) in [6, 6.07) is 1.27. The van der Waals surface area contributed by atoms with E-state index < -0.39 is 8.07 Å². The van der Waals surface area contributed by atoms with Crippen molar-refractivity contribution in [3.63, 3.8) is 0 Å². The van der Waals surface area contributed by atoms with Gasteiger partial charge in [-0.1, -0.05) is 31.8 Å². The van der Waals surface area contributed by atoms with Gasteiger partial charge in [0.05, 0.1) is 5.92 Å². The maximum atomic E-state index is 10.9. The number of cyclic esters (lactones) is 1. The minimum absolute atomic E-state index is 0.0284. The minimum Gasteiger partial charge on any atom is -0.461 e. The molecule has 1 rings (SSSR count). The van der Waals surface area contributed by atoms with Gasteiger partial charge in [0, 0.05) is 8.07 Å². The van der Waals surface area contributed by atoms with Crippen LogP contribution in [0.25, 0.3) is 0 Å². The molecule has 1 saturated heterocycles. The molecule has 0 aromatic heterocycles. The molecule has 1 fully saturated rings. The molecule has 0 aromatic carbocycles. The van der Waals surface area contributed by atoms with E-state index in [2.05, 4.69) is 31.8 Å². The monoisotopic (exact) mass is 240 g/mol. The van der Waals surface area contributed by atoms with E-state index in [1.165, 1.54) is 6.04 Å². The second-order valence-corrected chi connectivity index (χ2v) is 11.5. The van der Waals surface area contributed by atoms with Crippen LogP contribution in [0.15, 0.2) is 12.2 Å². The van der Waals surface area contributed by atoms with Crippen LogP contribution in [0.5, 0.6) is 0 Å². The second-order valence-electron chi connectivity index (χ2n) is 5.93. The van der Waals surface area contributed by atoms with Gasteiger partial charge >= 0.3 is 5.97 Å². The standard InChI is InChI=1S/C13H24O2Si/c1-11-12(15-13(11)14)9-7-5-6-8-10-16(2,3)4/h6,8,11-12H,5,7,9-10H2,1-4H3/b8-6+/t11-,12-/m1/s1. The van der Waals surface area contributed by atoms with Crippen LogP contribution in [0, 0.1) is 5.92 Å². The Morgan fingerprint density at radius 1 is 1.31 bits per heavy atom. The Hall–Kier alpha value is -0.573. The van der Waals surface area contributed by atoms with Gasteiger partial charge in [0.15, 0.2) is 0 Å². The molecular formula is C13H24O2Si. The second kappa shape index (κ2) is 5.67. The summed E-state index contributed by atoms with van der Waals surface area (Å²) in [6.45, 7) is 9.10. The van der Waals surface area contributed by atoms with Crippen LogP contribution in [0.3, 0.4) is 0 Å². The van der Waals surface area contributed by atoms with Crippen molar-refractivity contribution >= 4 is 14.0 Å². The van der Waals surface area contributed by atoms with Crippen molar-refractivity contribution in [1.29, 1.82) is 0 Å². The average molecular weight is 240 g/mol.